The number of carbonyl (C=O) groups excluding carboxylic acids is 1. The molecule has 0 amide bonds. The molecule has 0 aromatic heterocycles. The van der Waals surface area contributed by atoms with E-state index in [1.807, 2.05) is 0 Å². The van der Waals surface area contributed by atoms with Crippen LogP contribution in [-0.2, 0) is 9.53 Å². The zero-order valence-corrected chi connectivity index (χ0v) is 9.17. The van der Waals surface area contributed by atoms with E-state index in [9.17, 15) is 18.0 Å². The van der Waals surface area contributed by atoms with E-state index in [-0.39, 0.29) is 12.2 Å². The van der Waals surface area contributed by atoms with Gasteiger partial charge in [-0.15, -0.1) is 0 Å². The average molecular weight is 244 g/mol. The molecule has 1 aliphatic carbocycles. The molecule has 2 nitrogen and oxygen atoms in total. The Bertz CT molecular complexity index is 436. The predicted molar refractivity (Wildman–Crippen MR) is 53.8 cm³/mol. The Kier molecular flexibility index (Phi) is 3.09. The largest absolute Gasteiger partial charge is 0.466 e. The van der Waals surface area contributed by atoms with E-state index in [1.54, 1.807) is 6.92 Å². The van der Waals surface area contributed by atoms with E-state index >= 15 is 0 Å². The molecule has 1 aromatic carbocycles. The van der Waals surface area contributed by atoms with Gasteiger partial charge in [-0.25, -0.2) is 13.2 Å². The SMILES string of the molecule is CCOC(=O)C1CC1c1c(F)cc(F)cc1F. The standard InChI is InChI=1S/C12H11F3O2/c1-2-17-12(16)8-5-7(8)11-9(14)3-6(13)4-10(11)15/h3-4,7-8H,2,5H2,1H3. The number of ether oxygens (including phenoxy) is 1. The molecule has 0 heterocycles. The molecule has 5 heteroatoms. The van der Waals surface area contributed by atoms with Gasteiger partial charge >= 0.3 is 5.97 Å². The van der Waals surface area contributed by atoms with Crippen LogP contribution in [0.5, 0.6) is 0 Å². The van der Waals surface area contributed by atoms with Gasteiger partial charge in [0.15, 0.2) is 0 Å². The van der Waals surface area contributed by atoms with Gasteiger partial charge in [-0.2, -0.15) is 0 Å². The van der Waals surface area contributed by atoms with E-state index in [0.29, 0.717) is 18.6 Å². The van der Waals surface area contributed by atoms with E-state index in [1.165, 1.54) is 0 Å². The van der Waals surface area contributed by atoms with Crippen molar-refractivity contribution in [2.24, 2.45) is 5.92 Å². The third-order valence-electron chi connectivity index (χ3n) is 2.79. The van der Waals surface area contributed by atoms with Crippen LogP contribution < -0.4 is 0 Å². The van der Waals surface area contributed by atoms with Gasteiger partial charge in [-0.05, 0) is 13.3 Å². The summed E-state index contributed by atoms with van der Waals surface area (Å²) in [5, 5.41) is 0. The summed E-state index contributed by atoms with van der Waals surface area (Å²) in [5.41, 5.74) is -0.218. The van der Waals surface area contributed by atoms with Crippen LogP contribution in [0, 0.1) is 23.4 Å². The molecule has 1 aromatic rings. The summed E-state index contributed by atoms with van der Waals surface area (Å²) in [6.45, 7) is 1.89. The van der Waals surface area contributed by atoms with Gasteiger partial charge in [0.1, 0.15) is 17.5 Å². The number of benzene rings is 1. The molecule has 2 unspecified atom stereocenters. The fraction of sp³-hybridized carbons (Fsp3) is 0.417. The highest BCUT2D eigenvalue weighted by Crippen LogP contribution is 2.49. The van der Waals surface area contributed by atoms with Crippen molar-refractivity contribution in [3.63, 3.8) is 0 Å². The molecule has 1 aliphatic rings. The van der Waals surface area contributed by atoms with Crippen LogP contribution in [0.4, 0.5) is 13.2 Å². The minimum absolute atomic E-state index is 0.218. The Labute approximate surface area is 96.4 Å². The zero-order valence-electron chi connectivity index (χ0n) is 9.17. The number of esters is 1. The Balaban J connectivity index is 2.19. The first kappa shape index (κ1) is 12.0. The van der Waals surface area contributed by atoms with Gasteiger partial charge in [0.2, 0.25) is 0 Å². The van der Waals surface area contributed by atoms with Crippen molar-refractivity contribution in [1.29, 1.82) is 0 Å². The van der Waals surface area contributed by atoms with Crippen LogP contribution in [0.1, 0.15) is 24.8 Å². The zero-order chi connectivity index (χ0) is 12.6. The number of carbonyl (C=O) groups is 1. The number of rotatable bonds is 3. The molecule has 0 aliphatic heterocycles. The van der Waals surface area contributed by atoms with E-state index in [2.05, 4.69) is 0 Å². The normalized spacial score (nSPS) is 22.4. The highest BCUT2D eigenvalue weighted by Gasteiger charge is 2.47. The molecule has 0 saturated heterocycles. The van der Waals surface area contributed by atoms with Crippen molar-refractivity contribution >= 4 is 5.97 Å². The molecule has 1 fully saturated rings. The summed E-state index contributed by atoms with van der Waals surface area (Å²) in [7, 11) is 0. The number of halogens is 3. The number of hydrogen-bond donors (Lipinski definition) is 0. The maximum Gasteiger partial charge on any atom is 0.309 e. The van der Waals surface area contributed by atoms with Crippen LogP contribution >= 0.6 is 0 Å². The van der Waals surface area contributed by atoms with Gasteiger partial charge in [-0.3, -0.25) is 4.79 Å². The monoisotopic (exact) mass is 244 g/mol. The van der Waals surface area contributed by atoms with Crippen molar-refractivity contribution in [2.75, 3.05) is 6.61 Å². The van der Waals surface area contributed by atoms with E-state index in [0.717, 1.165) is 0 Å². The lowest BCUT2D eigenvalue weighted by atomic mass is 10.1. The molecule has 17 heavy (non-hydrogen) atoms. The lowest BCUT2D eigenvalue weighted by Crippen LogP contribution is -2.08. The Hall–Kier alpha value is -1.52. The minimum atomic E-state index is -0.961. The molecule has 0 N–H and O–H groups in total. The van der Waals surface area contributed by atoms with Crippen molar-refractivity contribution in [3.05, 3.63) is 35.1 Å². The quantitative estimate of drug-likeness (QED) is 0.764. The van der Waals surface area contributed by atoms with Crippen LogP contribution in [0.15, 0.2) is 12.1 Å². The molecule has 2 rings (SSSR count). The first-order valence-electron chi connectivity index (χ1n) is 5.35. The minimum Gasteiger partial charge on any atom is -0.466 e. The summed E-state index contributed by atoms with van der Waals surface area (Å²) in [6, 6.07) is 1.25. The number of hydrogen-bond acceptors (Lipinski definition) is 2. The van der Waals surface area contributed by atoms with Crippen molar-refractivity contribution < 1.29 is 22.7 Å². The van der Waals surface area contributed by atoms with Crippen LogP contribution in [-0.4, -0.2) is 12.6 Å². The van der Waals surface area contributed by atoms with Crippen LogP contribution in [0.25, 0.3) is 0 Å². The Morgan fingerprint density at radius 1 is 1.35 bits per heavy atom. The summed E-state index contributed by atoms with van der Waals surface area (Å²) < 4.78 is 44.2. The van der Waals surface area contributed by atoms with Crippen molar-refractivity contribution in [1.82, 2.24) is 0 Å². The summed E-state index contributed by atoms with van der Waals surface area (Å²) >= 11 is 0. The molecule has 0 spiro atoms. The Morgan fingerprint density at radius 3 is 2.47 bits per heavy atom. The molecule has 0 radical (unpaired) electrons. The second kappa shape index (κ2) is 4.39. The maximum absolute atomic E-state index is 13.4. The average Bonchev–Trinajstić information content (AvgIpc) is 2.96. The van der Waals surface area contributed by atoms with Gasteiger partial charge in [-0.1, -0.05) is 0 Å². The Morgan fingerprint density at radius 2 is 1.94 bits per heavy atom. The summed E-state index contributed by atoms with van der Waals surface area (Å²) in [5.74, 6) is -4.35. The third-order valence-corrected chi connectivity index (χ3v) is 2.79. The van der Waals surface area contributed by atoms with Crippen molar-refractivity contribution in [2.45, 2.75) is 19.3 Å². The first-order chi connectivity index (χ1) is 8.04. The summed E-state index contributed by atoms with van der Waals surface area (Å²) in [6.07, 6.45) is 0.346. The molecule has 2 atom stereocenters. The van der Waals surface area contributed by atoms with Crippen LogP contribution in [0.2, 0.25) is 0 Å². The smallest absolute Gasteiger partial charge is 0.309 e. The van der Waals surface area contributed by atoms with Crippen molar-refractivity contribution in [3.8, 4) is 0 Å². The highest BCUT2D eigenvalue weighted by atomic mass is 19.1. The molecular weight excluding hydrogens is 233 g/mol. The van der Waals surface area contributed by atoms with Gasteiger partial charge in [0.05, 0.1) is 12.5 Å². The fourth-order valence-electron chi connectivity index (χ4n) is 1.93. The lowest BCUT2D eigenvalue weighted by molar-refractivity contribution is -0.144. The maximum atomic E-state index is 13.4. The fourth-order valence-corrected chi connectivity index (χ4v) is 1.93. The topological polar surface area (TPSA) is 26.3 Å². The van der Waals surface area contributed by atoms with Gasteiger partial charge in [0.25, 0.3) is 0 Å². The third kappa shape index (κ3) is 2.28. The summed E-state index contributed by atoms with van der Waals surface area (Å²) in [4.78, 5) is 11.3. The molecular formula is C12H11F3O2. The van der Waals surface area contributed by atoms with Crippen LogP contribution in [0.3, 0.4) is 0 Å². The second-order valence-corrected chi connectivity index (χ2v) is 3.98. The van der Waals surface area contributed by atoms with E-state index < -0.39 is 35.3 Å². The first-order valence-corrected chi connectivity index (χ1v) is 5.35. The molecule has 0 bridgehead atoms. The lowest BCUT2D eigenvalue weighted by Gasteiger charge is -2.04. The molecule has 1 saturated carbocycles. The van der Waals surface area contributed by atoms with E-state index in [4.69, 9.17) is 4.74 Å². The predicted octanol–water partition coefficient (Wildman–Crippen LogP) is 2.77. The van der Waals surface area contributed by atoms with Gasteiger partial charge < -0.3 is 4.74 Å². The highest BCUT2D eigenvalue weighted by molar-refractivity contribution is 5.77. The van der Waals surface area contributed by atoms with Gasteiger partial charge in [0, 0.05) is 23.6 Å². The second-order valence-electron chi connectivity index (χ2n) is 3.98. The molecule has 92 valence electrons.